The molecule has 0 amide bonds. The van der Waals surface area contributed by atoms with E-state index in [4.69, 9.17) is 0 Å². The number of benzene rings is 2. The van der Waals surface area contributed by atoms with E-state index in [1.54, 1.807) is 34.8 Å². The lowest BCUT2D eigenvalue weighted by Crippen LogP contribution is -2.18. The van der Waals surface area contributed by atoms with Crippen LogP contribution in [0.2, 0.25) is 0 Å². The fourth-order valence-electron chi connectivity index (χ4n) is 1.71. The molecule has 0 atom stereocenters. The summed E-state index contributed by atoms with van der Waals surface area (Å²) in [6.07, 6.45) is 3.62. The fraction of sp³-hybridized carbons (Fsp3) is 0.125. The summed E-state index contributed by atoms with van der Waals surface area (Å²) in [5, 5.41) is 18.3. The van der Waals surface area contributed by atoms with E-state index in [1.165, 1.54) is 0 Å². The Balaban J connectivity index is 2.18. The van der Waals surface area contributed by atoms with Crippen molar-refractivity contribution >= 4 is 28.8 Å². The topological polar surface area (TPSA) is 47.6 Å². The van der Waals surface area contributed by atoms with Gasteiger partial charge in [-0.1, -0.05) is 35.4 Å². The Bertz CT molecular complexity index is 654. The minimum atomic E-state index is 0.219. The van der Waals surface area contributed by atoms with Crippen molar-refractivity contribution in [3.05, 3.63) is 60.2 Å². The number of anilines is 1. The normalized spacial score (nSPS) is 12.3. The van der Waals surface area contributed by atoms with Gasteiger partial charge in [-0.05, 0) is 42.3 Å². The molecule has 0 radical (unpaired) electrons. The van der Waals surface area contributed by atoms with Crippen molar-refractivity contribution in [2.24, 2.45) is 5.10 Å². The van der Waals surface area contributed by atoms with E-state index >= 15 is 0 Å². The first-order valence-electron chi connectivity index (χ1n) is 6.49. The molecule has 2 rings (SSSR count). The molecule has 0 aromatic heterocycles. The van der Waals surface area contributed by atoms with Crippen molar-refractivity contribution in [2.45, 2.75) is 0 Å². The molecule has 0 aliphatic heterocycles. The number of nitrogens with one attached hydrogen (secondary N) is 1. The molecule has 0 saturated heterocycles. The van der Waals surface area contributed by atoms with Gasteiger partial charge in [0.1, 0.15) is 18.5 Å². The van der Waals surface area contributed by atoms with Gasteiger partial charge in [0.05, 0.1) is 6.21 Å². The fourth-order valence-corrected chi connectivity index (χ4v) is 2.24. The van der Waals surface area contributed by atoms with Crippen molar-refractivity contribution in [2.75, 3.05) is 18.6 Å². The molecule has 0 bridgehead atoms. The molecular weight excluding hydrogens is 282 g/mol. The van der Waals surface area contributed by atoms with Crippen LogP contribution >= 0.6 is 11.8 Å². The first-order chi connectivity index (χ1) is 10.2. The van der Waals surface area contributed by atoms with Crippen LogP contribution in [0.15, 0.2) is 59.7 Å². The summed E-state index contributed by atoms with van der Waals surface area (Å²) in [7, 11) is 1.86. The highest BCUT2D eigenvalue weighted by Gasteiger charge is 2.09. The van der Waals surface area contributed by atoms with Crippen molar-refractivity contribution < 1.29 is 9.79 Å². The number of hydrogen-bond acceptors (Lipinski definition) is 3. The van der Waals surface area contributed by atoms with Crippen molar-refractivity contribution in [1.82, 2.24) is 0 Å². The van der Waals surface area contributed by atoms with Gasteiger partial charge in [-0.3, -0.25) is 0 Å². The third-order valence-corrected chi connectivity index (χ3v) is 3.57. The van der Waals surface area contributed by atoms with E-state index in [-0.39, 0.29) is 5.75 Å². The molecular formula is C16H18N3OS+. The van der Waals surface area contributed by atoms with Gasteiger partial charge >= 0.3 is 5.17 Å². The van der Waals surface area contributed by atoms with Crippen LogP contribution in [0.4, 0.5) is 5.69 Å². The number of hydrazone groups is 1. The average molecular weight is 300 g/mol. The Morgan fingerprint density at radius 1 is 1.14 bits per heavy atom. The van der Waals surface area contributed by atoms with Gasteiger partial charge in [-0.15, -0.1) is 4.68 Å². The molecule has 0 fully saturated rings. The second kappa shape index (κ2) is 7.50. The second-order valence-electron chi connectivity index (χ2n) is 4.33. The molecule has 0 heterocycles. The predicted octanol–water partition coefficient (Wildman–Crippen LogP) is 3.20. The minimum absolute atomic E-state index is 0.219. The number of amidine groups is 1. The molecule has 108 valence electrons. The molecule has 0 saturated carbocycles. The summed E-state index contributed by atoms with van der Waals surface area (Å²) in [4.78, 5) is 0. The molecule has 2 N–H and O–H groups in total. The van der Waals surface area contributed by atoms with Gasteiger partial charge in [0, 0.05) is 5.56 Å². The number of hydrogen-bond donors (Lipinski definition) is 2. The summed E-state index contributed by atoms with van der Waals surface area (Å²) >= 11 is 1.57. The predicted molar refractivity (Wildman–Crippen MR) is 90.5 cm³/mol. The summed E-state index contributed by atoms with van der Waals surface area (Å²) in [6.45, 7) is 0. The maximum atomic E-state index is 9.72. The zero-order valence-electron chi connectivity index (χ0n) is 12.0. The van der Waals surface area contributed by atoms with Crippen LogP contribution in [0, 0.1) is 0 Å². The minimum Gasteiger partial charge on any atom is -0.507 e. The van der Waals surface area contributed by atoms with Gasteiger partial charge in [0.25, 0.3) is 0 Å². The lowest BCUT2D eigenvalue weighted by molar-refractivity contribution is -0.499. The van der Waals surface area contributed by atoms with E-state index in [0.717, 1.165) is 10.9 Å². The zero-order chi connectivity index (χ0) is 15.1. The van der Waals surface area contributed by atoms with Crippen LogP contribution in [-0.4, -0.2) is 34.5 Å². The molecule has 0 aliphatic rings. The number of thioether (sulfide) groups is 1. The van der Waals surface area contributed by atoms with Crippen molar-refractivity contribution in [3.8, 4) is 5.75 Å². The Hall–Kier alpha value is -2.27. The molecule has 5 heteroatoms. The summed E-state index contributed by atoms with van der Waals surface area (Å²) in [5.41, 5.74) is 1.69. The first kappa shape index (κ1) is 15.1. The first-order valence-corrected chi connectivity index (χ1v) is 7.72. The maximum Gasteiger partial charge on any atom is 0.336 e. The van der Waals surface area contributed by atoms with Gasteiger partial charge in [-0.25, -0.2) is 5.32 Å². The van der Waals surface area contributed by atoms with Crippen molar-refractivity contribution in [1.29, 1.82) is 0 Å². The van der Waals surface area contributed by atoms with Gasteiger partial charge in [-0.2, -0.15) is 0 Å². The van der Waals surface area contributed by atoms with Crippen LogP contribution in [0.3, 0.4) is 0 Å². The Kier molecular flexibility index (Phi) is 5.40. The molecule has 4 nitrogen and oxygen atoms in total. The van der Waals surface area contributed by atoms with Gasteiger partial charge in [0.2, 0.25) is 0 Å². The van der Waals surface area contributed by atoms with Crippen molar-refractivity contribution in [3.63, 3.8) is 0 Å². The summed E-state index contributed by atoms with van der Waals surface area (Å²) in [5.74, 6) is 0.219. The number of rotatable bonds is 3. The average Bonchev–Trinajstić information content (AvgIpc) is 2.52. The molecule has 2 aromatic carbocycles. The van der Waals surface area contributed by atoms with Crippen LogP contribution in [0.25, 0.3) is 0 Å². The molecule has 0 aliphatic carbocycles. The Labute approximate surface area is 128 Å². The second-order valence-corrected chi connectivity index (χ2v) is 5.12. The smallest absolute Gasteiger partial charge is 0.336 e. The largest absolute Gasteiger partial charge is 0.507 e. The van der Waals surface area contributed by atoms with Crippen LogP contribution in [-0.2, 0) is 0 Å². The number of nitrogens with zero attached hydrogens (tertiary/aromatic N) is 2. The lowest BCUT2D eigenvalue weighted by atomic mass is 10.2. The van der Waals surface area contributed by atoms with E-state index < -0.39 is 0 Å². The molecule has 0 spiro atoms. The van der Waals surface area contributed by atoms with Gasteiger partial charge in [0.15, 0.2) is 0 Å². The monoisotopic (exact) mass is 300 g/mol. The number of phenolic OH excluding ortho intramolecular Hbond substituents is 1. The van der Waals surface area contributed by atoms with Gasteiger partial charge < -0.3 is 5.11 Å². The van der Waals surface area contributed by atoms with Crippen LogP contribution in [0.5, 0.6) is 5.75 Å². The van der Waals surface area contributed by atoms with Crippen LogP contribution in [0.1, 0.15) is 5.56 Å². The van der Waals surface area contributed by atoms with E-state index in [1.807, 2.05) is 55.8 Å². The summed E-state index contributed by atoms with van der Waals surface area (Å²) in [6, 6.07) is 17.0. The third-order valence-electron chi connectivity index (χ3n) is 2.82. The van der Waals surface area contributed by atoms with E-state index in [0.29, 0.717) is 5.56 Å². The maximum absolute atomic E-state index is 9.72. The molecule has 2 aromatic rings. The molecule has 0 unspecified atom stereocenters. The number of aromatic hydroxyl groups is 1. The summed E-state index contributed by atoms with van der Waals surface area (Å²) < 4.78 is 1.74. The van der Waals surface area contributed by atoms with Crippen LogP contribution < -0.4 is 5.32 Å². The van der Waals surface area contributed by atoms with E-state index in [2.05, 4.69) is 10.4 Å². The third kappa shape index (κ3) is 4.36. The Morgan fingerprint density at radius 2 is 1.81 bits per heavy atom. The van der Waals surface area contributed by atoms with E-state index in [9.17, 15) is 5.11 Å². The highest BCUT2D eigenvalue weighted by molar-refractivity contribution is 8.13. The standard InChI is InChI=1S/C16H17N3OS/c1-19(17-12-13-8-6-7-11-15(13)20)16(21-2)18-14-9-4-3-5-10-14/h3-12H,1-2H3,(H,17,20)/p+1. The molecule has 21 heavy (non-hydrogen) atoms. The number of para-hydroxylation sites is 2. The quantitative estimate of drug-likeness (QED) is 0.396. The lowest BCUT2D eigenvalue weighted by Gasteiger charge is -2.02. The Morgan fingerprint density at radius 3 is 2.48 bits per heavy atom. The highest BCUT2D eigenvalue weighted by Crippen LogP contribution is 2.13. The highest BCUT2D eigenvalue weighted by atomic mass is 32.2. The zero-order valence-corrected chi connectivity index (χ0v) is 12.8. The SMILES string of the molecule is CS/C(Nc1ccccc1)=[N+](C)\N=C\c1ccccc1O. The number of phenols is 1.